The van der Waals surface area contributed by atoms with Crippen LogP contribution in [0.4, 0.5) is 11.6 Å². The fraction of sp³-hybridized carbons (Fsp3) is 0.619. The molecule has 8 nitrogen and oxygen atoms in total. The highest BCUT2D eigenvalue weighted by molar-refractivity contribution is 6.31. The minimum Gasteiger partial charge on any atom is -0.476 e. The Morgan fingerprint density at radius 2 is 2.23 bits per heavy atom. The number of nitrogens with zero attached hydrogens (tertiary/aromatic N) is 5. The molecule has 3 heterocycles. The van der Waals surface area contributed by atoms with Gasteiger partial charge in [-0.3, -0.25) is 4.68 Å². The van der Waals surface area contributed by atoms with Crippen molar-refractivity contribution in [2.75, 3.05) is 18.5 Å². The number of rotatable bonds is 6. The number of halogens is 1. The van der Waals surface area contributed by atoms with Gasteiger partial charge < -0.3 is 19.6 Å². The first-order valence-corrected chi connectivity index (χ1v) is 10.7. The maximum atomic E-state index is 7.10. The van der Waals surface area contributed by atoms with Crippen LogP contribution in [0.25, 0.3) is 4.85 Å². The highest BCUT2D eigenvalue weighted by atomic mass is 35.5. The second kappa shape index (κ2) is 8.40. The summed E-state index contributed by atoms with van der Waals surface area (Å²) in [5, 5.41) is 8.18. The van der Waals surface area contributed by atoms with Gasteiger partial charge in [0.25, 0.3) is 0 Å². The van der Waals surface area contributed by atoms with Gasteiger partial charge in [0.05, 0.1) is 35.8 Å². The molecular formula is C21H27ClN6O2. The first-order chi connectivity index (χ1) is 14.3. The van der Waals surface area contributed by atoms with Crippen molar-refractivity contribution in [2.45, 2.75) is 64.1 Å². The van der Waals surface area contributed by atoms with Gasteiger partial charge in [0.15, 0.2) is 0 Å². The van der Waals surface area contributed by atoms with Crippen LogP contribution in [0.5, 0.6) is 5.88 Å². The smallest absolute Gasteiger partial charge is 0.237 e. The lowest BCUT2D eigenvalue weighted by atomic mass is 9.88. The molecule has 0 amide bonds. The van der Waals surface area contributed by atoms with Gasteiger partial charge in [0.2, 0.25) is 17.9 Å². The molecule has 0 bridgehead atoms. The van der Waals surface area contributed by atoms with Crippen molar-refractivity contribution in [1.82, 2.24) is 19.7 Å². The number of aromatic nitrogens is 4. The third kappa shape index (κ3) is 4.68. The largest absolute Gasteiger partial charge is 0.476 e. The van der Waals surface area contributed by atoms with Crippen molar-refractivity contribution in [1.29, 1.82) is 0 Å². The van der Waals surface area contributed by atoms with Crippen LogP contribution in [0.2, 0.25) is 5.02 Å². The Morgan fingerprint density at radius 1 is 1.43 bits per heavy atom. The van der Waals surface area contributed by atoms with Crippen LogP contribution < -0.4 is 10.1 Å². The molecule has 2 aromatic heterocycles. The van der Waals surface area contributed by atoms with E-state index >= 15 is 0 Å². The highest BCUT2D eigenvalue weighted by Crippen LogP contribution is 2.35. The molecule has 2 aromatic rings. The molecule has 0 spiro atoms. The average molecular weight is 431 g/mol. The molecule has 1 aliphatic heterocycles. The molecule has 0 aromatic carbocycles. The summed E-state index contributed by atoms with van der Waals surface area (Å²) in [7, 11) is 0. The summed E-state index contributed by atoms with van der Waals surface area (Å²) in [6.45, 7) is 14.5. The second-order valence-electron chi connectivity index (χ2n) is 8.77. The molecule has 2 fully saturated rings. The molecule has 0 radical (unpaired) electrons. The fourth-order valence-corrected chi connectivity index (χ4v) is 4.15. The van der Waals surface area contributed by atoms with E-state index in [2.05, 4.69) is 39.1 Å². The van der Waals surface area contributed by atoms with E-state index in [-0.39, 0.29) is 17.7 Å². The van der Waals surface area contributed by atoms with E-state index in [9.17, 15) is 0 Å². The van der Waals surface area contributed by atoms with Crippen molar-refractivity contribution < 1.29 is 9.47 Å². The maximum Gasteiger partial charge on any atom is 0.237 e. The SMILES string of the molecule is [C-]#[N+]C1CC(n2cc(Nc3ncc(Cl)c(OCC4CCOC(C)(C)C4)n3)c(C)n2)C1. The molecule has 1 saturated carbocycles. The number of nitrogens with one attached hydrogen (secondary N) is 1. The molecule has 4 rings (SSSR count). The Hall–Kier alpha value is -2.37. The summed E-state index contributed by atoms with van der Waals surface area (Å²) in [6, 6.07) is 0.406. The van der Waals surface area contributed by atoms with Gasteiger partial charge >= 0.3 is 0 Å². The Kier molecular flexibility index (Phi) is 5.85. The predicted molar refractivity (Wildman–Crippen MR) is 114 cm³/mol. The molecule has 9 heteroatoms. The quantitative estimate of drug-likeness (QED) is 0.675. The van der Waals surface area contributed by atoms with Crippen LogP contribution in [0.3, 0.4) is 0 Å². The molecule has 1 N–H and O–H groups in total. The summed E-state index contributed by atoms with van der Waals surface area (Å²) in [5.74, 6) is 1.19. The molecule has 1 aliphatic carbocycles. The van der Waals surface area contributed by atoms with Crippen molar-refractivity contribution in [3.05, 3.63) is 34.5 Å². The third-order valence-electron chi connectivity index (χ3n) is 5.77. The van der Waals surface area contributed by atoms with Crippen molar-refractivity contribution in [2.24, 2.45) is 5.92 Å². The van der Waals surface area contributed by atoms with Gasteiger partial charge in [-0.15, -0.1) is 0 Å². The number of ether oxygens (including phenoxy) is 2. The normalized spacial score (nSPS) is 25.2. The summed E-state index contributed by atoms with van der Waals surface area (Å²) in [5.41, 5.74) is 1.56. The topological polar surface area (TPSA) is 78.5 Å². The lowest BCUT2D eigenvalue weighted by Gasteiger charge is -2.35. The Morgan fingerprint density at radius 3 is 2.97 bits per heavy atom. The van der Waals surface area contributed by atoms with E-state index in [1.165, 1.54) is 0 Å². The van der Waals surface area contributed by atoms with Crippen molar-refractivity contribution in [3.8, 4) is 5.88 Å². The lowest BCUT2D eigenvalue weighted by Crippen LogP contribution is -2.36. The van der Waals surface area contributed by atoms with Gasteiger partial charge in [-0.1, -0.05) is 11.6 Å². The fourth-order valence-electron chi connectivity index (χ4n) is 4.00. The standard InChI is InChI=1S/C21H27ClN6O2/c1-13-18(11-28(27-13)16-7-15(8-16)23-4)25-20-24-10-17(22)19(26-20)29-12-14-5-6-30-21(2,3)9-14/h10-11,14-16H,5-9,12H2,1-3H3,(H,24,25,26). The van der Waals surface area contributed by atoms with Crippen LogP contribution in [0, 0.1) is 19.4 Å². The summed E-state index contributed by atoms with van der Waals surface area (Å²) in [6.07, 6.45) is 7.10. The summed E-state index contributed by atoms with van der Waals surface area (Å²) < 4.78 is 13.6. The Labute approximate surface area is 181 Å². The first-order valence-electron chi connectivity index (χ1n) is 10.3. The molecule has 2 aliphatic rings. The second-order valence-corrected chi connectivity index (χ2v) is 9.17. The molecule has 1 saturated heterocycles. The summed E-state index contributed by atoms with van der Waals surface area (Å²) in [4.78, 5) is 12.3. The number of anilines is 2. The van der Waals surface area contributed by atoms with Crippen molar-refractivity contribution >= 4 is 23.2 Å². The lowest BCUT2D eigenvalue weighted by molar-refractivity contribution is -0.0787. The zero-order valence-electron chi connectivity index (χ0n) is 17.6. The third-order valence-corrected chi connectivity index (χ3v) is 6.03. The van der Waals surface area contributed by atoms with E-state index in [1.54, 1.807) is 6.20 Å². The van der Waals surface area contributed by atoms with Crippen LogP contribution in [-0.4, -0.2) is 44.6 Å². The highest BCUT2D eigenvalue weighted by Gasteiger charge is 2.36. The first kappa shape index (κ1) is 20.9. The average Bonchev–Trinajstić information content (AvgIpc) is 3.00. The van der Waals surface area contributed by atoms with Crippen molar-refractivity contribution in [3.63, 3.8) is 0 Å². The molecule has 30 heavy (non-hydrogen) atoms. The van der Waals surface area contributed by atoms with E-state index in [0.717, 1.165) is 43.7 Å². The molecule has 160 valence electrons. The molecular weight excluding hydrogens is 404 g/mol. The Balaban J connectivity index is 1.40. The maximum absolute atomic E-state index is 7.10. The van der Waals surface area contributed by atoms with Gasteiger partial charge in [-0.25, -0.2) is 11.6 Å². The molecule has 1 unspecified atom stereocenters. The van der Waals surface area contributed by atoms with E-state index in [1.807, 2.05) is 17.8 Å². The monoisotopic (exact) mass is 430 g/mol. The van der Waals surface area contributed by atoms with Crippen LogP contribution in [0.15, 0.2) is 12.4 Å². The zero-order chi connectivity index (χ0) is 21.3. The van der Waals surface area contributed by atoms with Gasteiger partial charge in [-0.05, 0) is 39.5 Å². The van der Waals surface area contributed by atoms with Crippen LogP contribution >= 0.6 is 11.6 Å². The number of aryl methyl sites for hydroxylation is 1. The van der Waals surface area contributed by atoms with E-state index in [4.69, 9.17) is 27.6 Å². The van der Waals surface area contributed by atoms with Crippen LogP contribution in [0.1, 0.15) is 51.3 Å². The number of hydrogen-bond acceptors (Lipinski definition) is 6. The van der Waals surface area contributed by atoms with E-state index < -0.39 is 0 Å². The van der Waals surface area contributed by atoms with Gasteiger partial charge in [0.1, 0.15) is 5.02 Å². The minimum atomic E-state index is -0.124. The Bertz CT molecular complexity index is 947. The van der Waals surface area contributed by atoms with Crippen LogP contribution in [-0.2, 0) is 4.74 Å². The van der Waals surface area contributed by atoms with Gasteiger partial charge in [0, 0.05) is 25.6 Å². The summed E-state index contributed by atoms with van der Waals surface area (Å²) >= 11 is 6.26. The number of hydrogen-bond donors (Lipinski definition) is 1. The van der Waals surface area contributed by atoms with Gasteiger partial charge in [-0.2, -0.15) is 10.1 Å². The van der Waals surface area contributed by atoms with E-state index in [0.29, 0.717) is 29.4 Å². The minimum absolute atomic E-state index is 0.122. The zero-order valence-corrected chi connectivity index (χ0v) is 18.3. The predicted octanol–water partition coefficient (Wildman–Crippen LogP) is 4.59. The molecule has 1 atom stereocenters.